The second-order valence-electron chi connectivity index (χ2n) is 4.26. The van der Waals surface area contributed by atoms with Gasteiger partial charge in [0, 0.05) is 23.2 Å². The van der Waals surface area contributed by atoms with Crippen molar-refractivity contribution >= 4 is 34.5 Å². The minimum Gasteiger partial charge on any atom is -0.326 e. The van der Waals surface area contributed by atoms with Crippen LogP contribution in [0.1, 0.15) is 29.4 Å². The highest BCUT2D eigenvalue weighted by Crippen LogP contribution is 2.21. The van der Waals surface area contributed by atoms with Crippen LogP contribution in [-0.4, -0.2) is 16.8 Å². The molecule has 0 atom stereocenters. The largest absolute Gasteiger partial charge is 0.326 e. The number of thiazole rings is 1. The van der Waals surface area contributed by atoms with Gasteiger partial charge in [-0.15, -0.1) is 11.3 Å². The van der Waals surface area contributed by atoms with Crippen molar-refractivity contribution in [2.45, 2.75) is 20.3 Å². The molecule has 0 bridgehead atoms. The topological polar surface area (TPSA) is 71.1 Å². The maximum absolute atomic E-state index is 12.0. The van der Waals surface area contributed by atoms with E-state index in [2.05, 4.69) is 15.6 Å². The van der Waals surface area contributed by atoms with Crippen LogP contribution in [0.2, 0.25) is 0 Å². The summed E-state index contributed by atoms with van der Waals surface area (Å²) in [5, 5.41) is 7.25. The molecule has 0 aliphatic rings. The lowest BCUT2D eigenvalue weighted by Gasteiger charge is -2.10. The first kappa shape index (κ1) is 14.2. The number of nitrogens with one attached hydrogen (secondary N) is 2. The van der Waals surface area contributed by atoms with Crippen molar-refractivity contribution < 1.29 is 9.59 Å². The maximum Gasteiger partial charge on any atom is 0.275 e. The number of amides is 2. The molecule has 0 fully saturated rings. The van der Waals surface area contributed by atoms with E-state index in [1.54, 1.807) is 29.9 Å². The van der Waals surface area contributed by atoms with E-state index in [1.807, 2.05) is 13.0 Å². The van der Waals surface area contributed by atoms with Gasteiger partial charge in [0.1, 0.15) is 5.69 Å². The lowest BCUT2D eigenvalue weighted by molar-refractivity contribution is -0.115. The van der Waals surface area contributed by atoms with E-state index in [9.17, 15) is 9.59 Å². The zero-order chi connectivity index (χ0) is 14.5. The summed E-state index contributed by atoms with van der Waals surface area (Å²) in [4.78, 5) is 27.3. The highest BCUT2D eigenvalue weighted by molar-refractivity contribution is 7.07. The molecule has 6 heteroatoms. The summed E-state index contributed by atoms with van der Waals surface area (Å²) in [6.07, 6.45) is 0.411. The number of aromatic nitrogens is 1. The molecule has 0 radical (unpaired) electrons. The van der Waals surface area contributed by atoms with Crippen LogP contribution in [0.15, 0.2) is 29.1 Å². The molecule has 2 aromatic rings. The van der Waals surface area contributed by atoms with Gasteiger partial charge in [-0.3, -0.25) is 9.59 Å². The first-order valence-electron chi connectivity index (χ1n) is 6.20. The van der Waals surface area contributed by atoms with Crippen molar-refractivity contribution in [2.24, 2.45) is 0 Å². The number of aryl methyl sites for hydroxylation is 1. The number of nitrogens with zero attached hydrogens (tertiary/aromatic N) is 1. The van der Waals surface area contributed by atoms with Gasteiger partial charge in [-0.25, -0.2) is 4.98 Å². The van der Waals surface area contributed by atoms with Gasteiger partial charge in [-0.05, 0) is 24.6 Å². The van der Waals surface area contributed by atoms with Crippen LogP contribution >= 0.6 is 11.3 Å². The van der Waals surface area contributed by atoms with E-state index in [4.69, 9.17) is 0 Å². The number of hydrogen-bond acceptors (Lipinski definition) is 4. The Kier molecular flexibility index (Phi) is 4.47. The second kappa shape index (κ2) is 6.29. The molecule has 1 aromatic carbocycles. The first-order valence-corrected chi connectivity index (χ1v) is 7.14. The van der Waals surface area contributed by atoms with Crippen molar-refractivity contribution in [1.29, 1.82) is 0 Å². The van der Waals surface area contributed by atoms with E-state index >= 15 is 0 Å². The average Bonchev–Trinajstić information content (AvgIpc) is 2.96. The van der Waals surface area contributed by atoms with E-state index in [0.717, 1.165) is 5.56 Å². The summed E-state index contributed by atoms with van der Waals surface area (Å²) < 4.78 is 0. The minimum atomic E-state index is -0.256. The van der Waals surface area contributed by atoms with Crippen molar-refractivity contribution in [1.82, 2.24) is 4.98 Å². The summed E-state index contributed by atoms with van der Waals surface area (Å²) in [5.74, 6) is -0.320. The summed E-state index contributed by atoms with van der Waals surface area (Å²) in [5.41, 5.74) is 4.24. The van der Waals surface area contributed by atoms with Gasteiger partial charge in [0.05, 0.1) is 5.51 Å². The van der Waals surface area contributed by atoms with Gasteiger partial charge in [0.15, 0.2) is 0 Å². The van der Waals surface area contributed by atoms with Crippen LogP contribution < -0.4 is 10.6 Å². The lowest BCUT2D eigenvalue weighted by Crippen LogP contribution is -2.14. The molecule has 0 saturated carbocycles. The zero-order valence-corrected chi connectivity index (χ0v) is 12.1. The van der Waals surface area contributed by atoms with E-state index in [0.29, 0.717) is 23.5 Å². The van der Waals surface area contributed by atoms with Gasteiger partial charge in [0.2, 0.25) is 5.91 Å². The van der Waals surface area contributed by atoms with Crippen molar-refractivity contribution in [3.05, 3.63) is 40.3 Å². The molecule has 1 aromatic heterocycles. The van der Waals surface area contributed by atoms with E-state index < -0.39 is 0 Å². The molecular formula is C14H15N3O2S. The van der Waals surface area contributed by atoms with Crippen LogP contribution in [0.4, 0.5) is 11.4 Å². The summed E-state index contributed by atoms with van der Waals surface area (Å²) in [7, 11) is 0. The molecule has 0 unspecified atom stereocenters. The summed E-state index contributed by atoms with van der Waals surface area (Å²) in [6.45, 7) is 3.68. The Morgan fingerprint density at radius 2 is 2.10 bits per heavy atom. The van der Waals surface area contributed by atoms with Crippen molar-refractivity contribution in [2.75, 3.05) is 10.6 Å². The van der Waals surface area contributed by atoms with Crippen LogP contribution in [0, 0.1) is 6.92 Å². The highest BCUT2D eigenvalue weighted by Gasteiger charge is 2.10. The van der Waals surface area contributed by atoms with Crippen LogP contribution in [0.25, 0.3) is 0 Å². The molecular weight excluding hydrogens is 274 g/mol. The summed E-state index contributed by atoms with van der Waals surface area (Å²) >= 11 is 1.37. The zero-order valence-electron chi connectivity index (χ0n) is 11.3. The second-order valence-corrected chi connectivity index (χ2v) is 4.98. The molecule has 0 saturated heterocycles. The van der Waals surface area contributed by atoms with E-state index in [1.165, 1.54) is 11.3 Å². The Balaban J connectivity index is 2.16. The van der Waals surface area contributed by atoms with Gasteiger partial charge in [-0.2, -0.15) is 0 Å². The SMILES string of the molecule is CCC(=O)Nc1ccc(C)c(NC(=O)c2cscn2)c1. The molecule has 2 amide bonds. The number of hydrogen-bond donors (Lipinski definition) is 2. The van der Waals surface area contributed by atoms with Gasteiger partial charge < -0.3 is 10.6 Å². The van der Waals surface area contributed by atoms with Crippen molar-refractivity contribution in [3.8, 4) is 0 Å². The maximum atomic E-state index is 12.0. The van der Waals surface area contributed by atoms with Crippen LogP contribution in [0.3, 0.4) is 0 Å². The van der Waals surface area contributed by atoms with Crippen LogP contribution in [-0.2, 0) is 4.79 Å². The molecule has 0 aliphatic carbocycles. The molecule has 1 heterocycles. The predicted octanol–water partition coefficient (Wildman–Crippen LogP) is 3.05. The molecule has 2 rings (SSSR count). The molecule has 2 N–H and O–H groups in total. The minimum absolute atomic E-state index is 0.0642. The standard InChI is InChI=1S/C14H15N3O2S/c1-3-13(18)16-10-5-4-9(2)11(6-10)17-14(19)12-7-20-8-15-12/h4-8H,3H2,1-2H3,(H,16,18)(H,17,19). The molecule has 0 aliphatic heterocycles. The lowest BCUT2D eigenvalue weighted by atomic mass is 10.1. The fourth-order valence-electron chi connectivity index (χ4n) is 1.59. The third kappa shape index (κ3) is 3.42. The number of carbonyl (C=O) groups is 2. The van der Waals surface area contributed by atoms with Gasteiger partial charge in [-0.1, -0.05) is 13.0 Å². The van der Waals surface area contributed by atoms with Gasteiger partial charge >= 0.3 is 0 Å². The average molecular weight is 289 g/mol. The predicted molar refractivity (Wildman–Crippen MR) is 80.2 cm³/mol. The first-order chi connectivity index (χ1) is 9.60. The Bertz CT molecular complexity index is 623. The quantitative estimate of drug-likeness (QED) is 0.908. The Hall–Kier alpha value is -2.21. The fourth-order valence-corrected chi connectivity index (χ4v) is 2.13. The number of rotatable bonds is 4. The van der Waals surface area contributed by atoms with E-state index in [-0.39, 0.29) is 11.8 Å². The fraction of sp³-hybridized carbons (Fsp3) is 0.214. The number of carbonyl (C=O) groups excluding carboxylic acids is 2. The monoisotopic (exact) mass is 289 g/mol. The number of anilines is 2. The molecule has 5 nitrogen and oxygen atoms in total. The normalized spacial score (nSPS) is 10.1. The Morgan fingerprint density at radius 3 is 2.75 bits per heavy atom. The molecule has 20 heavy (non-hydrogen) atoms. The third-order valence-electron chi connectivity index (χ3n) is 2.76. The summed E-state index contributed by atoms with van der Waals surface area (Å²) in [6, 6.07) is 5.40. The van der Waals surface area contributed by atoms with Crippen LogP contribution in [0.5, 0.6) is 0 Å². The van der Waals surface area contributed by atoms with Gasteiger partial charge in [0.25, 0.3) is 5.91 Å². The molecule has 104 valence electrons. The Labute approximate surface area is 121 Å². The third-order valence-corrected chi connectivity index (χ3v) is 3.34. The Morgan fingerprint density at radius 1 is 1.30 bits per heavy atom. The smallest absolute Gasteiger partial charge is 0.275 e. The highest BCUT2D eigenvalue weighted by atomic mass is 32.1. The molecule has 0 spiro atoms. The van der Waals surface area contributed by atoms with Crippen molar-refractivity contribution in [3.63, 3.8) is 0 Å². The number of benzene rings is 1.